The first-order valence-electron chi connectivity index (χ1n) is 6.56. The number of hydrogen-bond donors (Lipinski definition) is 2. The topological polar surface area (TPSA) is 55.1 Å². The summed E-state index contributed by atoms with van der Waals surface area (Å²) in [7, 11) is 1.65. The van der Waals surface area contributed by atoms with Crippen LogP contribution in [-0.4, -0.2) is 19.5 Å². The molecule has 100 valence electrons. The number of rotatable bonds is 6. The third-order valence-electron chi connectivity index (χ3n) is 3.05. The van der Waals surface area contributed by atoms with Gasteiger partial charge in [0.1, 0.15) is 0 Å². The highest BCUT2D eigenvalue weighted by molar-refractivity contribution is 5.78. The first-order valence-corrected chi connectivity index (χ1v) is 6.56. The maximum Gasteiger partial charge on any atom is 0.224 e. The monoisotopic (exact) mass is 248 g/mol. The number of nitrogens with two attached hydrogens (primary N) is 1. The molecule has 18 heavy (non-hydrogen) atoms. The average Bonchev–Trinajstić information content (AvgIpc) is 2.36. The van der Waals surface area contributed by atoms with Gasteiger partial charge in [-0.05, 0) is 29.9 Å². The molecular weight excluding hydrogens is 224 g/mol. The molecule has 0 aliphatic rings. The molecule has 1 aromatic rings. The highest BCUT2D eigenvalue weighted by Crippen LogP contribution is 2.13. The van der Waals surface area contributed by atoms with Crippen LogP contribution in [0.1, 0.15) is 25.0 Å². The lowest BCUT2D eigenvalue weighted by Gasteiger charge is -2.13. The molecule has 0 bridgehead atoms. The Morgan fingerprint density at radius 2 is 1.67 bits per heavy atom. The van der Waals surface area contributed by atoms with Crippen LogP contribution in [0, 0.1) is 11.8 Å². The minimum absolute atomic E-state index is 0.0174. The fraction of sp³-hybridized carbons (Fsp3) is 0.533. The first-order chi connectivity index (χ1) is 8.56. The first kappa shape index (κ1) is 14.7. The zero-order valence-corrected chi connectivity index (χ0v) is 11.6. The number of amides is 1. The van der Waals surface area contributed by atoms with Crippen LogP contribution in [0.5, 0.6) is 0 Å². The van der Waals surface area contributed by atoms with Gasteiger partial charge in [-0.1, -0.05) is 38.1 Å². The summed E-state index contributed by atoms with van der Waals surface area (Å²) in [4.78, 5) is 11.6. The van der Waals surface area contributed by atoms with Crippen molar-refractivity contribution in [3.8, 4) is 0 Å². The van der Waals surface area contributed by atoms with E-state index in [4.69, 9.17) is 5.73 Å². The minimum Gasteiger partial charge on any atom is -0.359 e. The summed E-state index contributed by atoms with van der Waals surface area (Å²) in [5, 5.41) is 2.65. The molecule has 0 fully saturated rings. The van der Waals surface area contributed by atoms with Gasteiger partial charge in [0.15, 0.2) is 0 Å². The van der Waals surface area contributed by atoms with Crippen LogP contribution in [-0.2, 0) is 17.6 Å². The zero-order valence-electron chi connectivity index (χ0n) is 11.6. The fourth-order valence-corrected chi connectivity index (χ4v) is 2.05. The van der Waals surface area contributed by atoms with Gasteiger partial charge in [0.2, 0.25) is 5.91 Å². The largest absolute Gasteiger partial charge is 0.359 e. The number of nitrogens with one attached hydrogen (secondary N) is 1. The van der Waals surface area contributed by atoms with Crippen molar-refractivity contribution in [2.75, 3.05) is 13.6 Å². The molecule has 3 heteroatoms. The lowest BCUT2D eigenvalue weighted by atomic mass is 9.96. The normalized spacial score (nSPS) is 12.5. The Kier molecular flexibility index (Phi) is 5.86. The molecule has 1 aromatic carbocycles. The molecule has 0 saturated heterocycles. The lowest BCUT2D eigenvalue weighted by molar-refractivity contribution is -0.124. The van der Waals surface area contributed by atoms with Crippen molar-refractivity contribution < 1.29 is 4.79 Å². The van der Waals surface area contributed by atoms with E-state index in [1.807, 2.05) is 0 Å². The molecule has 0 radical (unpaired) electrons. The van der Waals surface area contributed by atoms with Crippen molar-refractivity contribution >= 4 is 5.91 Å². The molecule has 0 aliphatic carbocycles. The van der Waals surface area contributed by atoms with E-state index in [1.54, 1.807) is 7.05 Å². The number of carbonyl (C=O) groups excluding carboxylic acids is 1. The zero-order chi connectivity index (χ0) is 13.5. The number of benzene rings is 1. The predicted octanol–water partition coefficient (Wildman–Crippen LogP) is 1.75. The summed E-state index contributed by atoms with van der Waals surface area (Å²) < 4.78 is 0. The van der Waals surface area contributed by atoms with Crippen LogP contribution >= 0.6 is 0 Å². The molecule has 3 N–H and O–H groups in total. The van der Waals surface area contributed by atoms with Crippen LogP contribution in [0.4, 0.5) is 0 Å². The third kappa shape index (κ3) is 4.49. The summed E-state index contributed by atoms with van der Waals surface area (Å²) >= 11 is 0. The van der Waals surface area contributed by atoms with Gasteiger partial charge in [-0.2, -0.15) is 0 Å². The van der Waals surface area contributed by atoms with Gasteiger partial charge in [-0.15, -0.1) is 0 Å². The fourth-order valence-electron chi connectivity index (χ4n) is 2.05. The van der Waals surface area contributed by atoms with Crippen LogP contribution in [0.25, 0.3) is 0 Å². The Bertz CT molecular complexity index is 371. The Labute approximate surface area is 110 Å². The molecule has 3 nitrogen and oxygen atoms in total. The molecular formula is C15H24N2O. The summed E-state index contributed by atoms with van der Waals surface area (Å²) in [6.45, 7) is 4.81. The van der Waals surface area contributed by atoms with E-state index in [9.17, 15) is 4.79 Å². The van der Waals surface area contributed by atoms with Gasteiger partial charge >= 0.3 is 0 Å². The van der Waals surface area contributed by atoms with Crippen LogP contribution in [0.15, 0.2) is 24.3 Å². The van der Waals surface area contributed by atoms with E-state index in [2.05, 4.69) is 43.4 Å². The summed E-state index contributed by atoms with van der Waals surface area (Å²) in [5.41, 5.74) is 8.15. The van der Waals surface area contributed by atoms with E-state index in [-0.39, 0.29) is 11.8 Å². The van der Waals surface area contributed by atoms with E-state index in [1.165, 1.54) is 11.1 Å². The molecule has 1 rings (SSSR count). The van der Waals surface area contributed by atoms with Crippen molar-refractivity contribution in [3.63, 3.8) is 0 Å². The third-order valence-corrected chi connectivity index (χ3v) is 3.05. The second-order valence-corrected chi connectivity index (χ2v) is 5.17. The van der Waals surface area contributed by atoms with Crippen LogP contribution in [0.3, 0.4) is 0 Å². The van der Waals surface area contributed by atoms with Crippen molar-refractivity contribution in [1.29, 1.82) is 0 Å². The van der Waals surface area contributed by atoms with Gasteiger partial charge in [0.25, 0.3) is 0 Å². The molecule has 0 aromatic heterocycles. The van der Waals surface area contributed by atoms with Gasteiger partial charge in [-0.25, -0.2) is 0 Å². The molecule has 1 atom stereocenters. The molecule has 0 heterocycles. The molecule has 0 spiro atoms. The van der Waals surface area contributed by atoms with Crippen molar-refractivity contribution in [1.82, 2.24) is 5.32 Å². The van der Waals surface area contributed by atoms with Crippen molar-refractivity contribution in [2.24, 2.45) is 17.6 Å². The van der Waals surface area contributed by atoms with E-state index < -0.39 is 0 Å². The number of carbonyl (C=O) groups is 1. The summed E-state index contributed by atoms with van der Waals surface area (Å²) in [6, 6.07) is 8.49. The smallest absolute Gasteiger partial charge is 0.224 e. The Hall–Kier alpha value is -1.35. The maximum absolute atomic E-state index is 11.6. The van der Waals surface area contributed by atoms with Gasteiger partial charge < -0.3 is 11.1 Å². The summed E-state index contributed by atoms with van der Waals surface area (Å²) in [6.07, 6.45) is 1.80. The highest BCUT2D eigenvalue weighted by Gasteiger charge is 2.15. The molecule has 0 aliphatic heterocycles. The van der Waals surface area contributed by atoms with Gasteiger partial charge in [0.05, 0.1) is 5.92 Å². The standard InChI is InChI=1S/C15H24N2O/c1-11(2)8-12-4-6-13(7-5-12)9-14(10-16)15(18)17-3/h4-7,11,14H,8-10,16H2,1-3H3,(H,17,18). The van der Waals surface area contributed by atoms with Gasteiger partial charge in [-0.3, -0.25) is 4.79 Å². The van der Waals surface area contributed by atoms with Crippen molar-refractivity contribution in [3.05, 3.63) is 35.4 Å². The second-order valence-electron chi connectivity index (χ2n) is 5.17. The van der Waals surface area contributed by atoms with Crippen LogP contribution in [0.2, 0.25) is 0 Å². The Balaban J connectivity index is 2.64. The molecule has 1 amide bonds. The quantitative estimate of drug-likeness (QED) is 0.806. The SMILES string of the molecule is CNC(=O)C(CN)Cc1ccc(CC(C)C)cc1. The highest BCUT2D eigenvalue weighted by atomic mass is 16.1. The minimum atomic E-state index is -0.133. The van der Waals surface area contributed by atoms with E-state index in [0.717, 1.165) is 6.42 Å². The maximum atomic E-state index is 11.6. The van der Waals surface area contributed by atoms with Gasteiger partial charge in [0, 0.05) is 13.6 Å². The molecule has 0 saturated carbocycles. The Morgan fingerprint density at radius 1 is 1.17 bits per heavy atom. The predicted molar refractivity (Wildman–Crippen MR) is 75.3 cm³/mol. The van der Waals surface area contributed by atoms with E-state index in [0.29, 0.717) is 18.9 Å². The Morgan fingerprint density at radius 3 is 2.06 bits per heavy atom. The lowest BCUT2D eigenvalue weighted by Crippen LogP contribution is -2.34. The summed E-state index contributed by atoms with van der Waals surface area (Å²) in [5.74, 6) is 0.549. The molecule has 1 unspecified atom stereocenters. The van der Waals surface area contributed by atoms with E-state index >= 15 is 0 Å². The second kappa shape index (κ2) is 7.17. The van der Waals surface area contributed by atoms with Crippen molar-refractivity contribution in [2.45, 2.75) is 26.7 Å². The van der Waals surface area contributed by atoms with Crippen LogP contribution < -0.4 is 11.1 Å². The number of hydrogen-bond acceptors (Lipinski definition) is 2. The average molecular weight is 248 g/mol.